The van der Waals surface area contributed by atoms with E-state index >= 15 is 0 Å². The highest BCUT2D eigenvalue weighted by atomic mass is 79.9. The average Bonchev–Trinajstić information content (AvgIpc) is 2.57. The van der Waals surface area contributed by atoms with Gasteiger partial charge in [-0.3, -0.25) is 0 Å². The lowest BCUT2D eigenvalue weighted by atomic mass is 10.2. The summed E-state index contributed by atoms with van der Waals surface area (Å²) < 4.78 is 0.880. The van der Waals surface area contributed by atoms with Gasteiger partial charge in [0.1, 0.15) is 4.99 Å². The van der Waals surface area contributed by atoms with E-state index < -0.39 is 0 Å². The van der Waals surface area contributed by atoms with Crippen molar-refractivity contribution in [2.45, 2.75) is 13.8 Å². The predicted molar refractivity (Wildman–Crippen MR) is 84.9 cm³/mol. The van der Waals surface area contributed by atoms with Gasteiger partial charge in [-0.05, 0) is 41.9 Å². The predicted octanol–water partition coefficient (Wildman–Crippen LogP) is 3.90. The van der Waals surface area contributed by atoms with Crippen molar-refractivity contribution in [3.63, 3.8) is 0 Å². The van der Waals surface area contributed by atoms with Gasteiger partial charge >= 0.3 is 0 Å². The first-order chi connectivity index (χ1) is 8.49. The van der Waals surface area contributed by atoms with E-state index in [1.54, 1.807) is 11.3 Å². The average molecular weight is 342 g/mol. The van der Waals surface area contributed by atoms with Gasteiger partial charge in [0.2, 0.25) is 0 Å². The number of aromatic nitrogens is 1. The van der Waals surface area contributed by atoms with Crippen molar-refractivity contribution in [3.05, 3.63) is 38.8 Å². The molecule has 3 N–H and O–H groups in total. The van der Waals surface area contributed by atoms with E-state index in [0.717, 1.165) is 26.5 Å². The van der Waals surface area contributed by atoms with E-state index in [9.17, 15) is 0 Å². The van der Waals surface area contributed by atoms with E-state index in [2.05, 4.69) is 26.2 Å². The molecular formula is C12H12BrN3S2. The van der Waals surface area contributed by atoms with Gasteiger partial charge in [0.25, 0.3) is 0 Å². The molecule has 2 rings (SSSR count). The van der Waals surface area contributed by atoms with Gasteiger partial charge in [0.15, 0.2) is 5.13 Å². The van der Waals surface area contributed by atoms with Crippen molar-refractivity contribution in [2.75, 3.05) is 5.32 Å². The molecule has 1 aromatic heterocycles. The first-order valence-corrected chi connectivity index (χ1v) is 7.30. The van der Waals surface area contributed by atoms with Gasteiger partial charge in [0, 0.05) is 14.9 Å². The van der Waals surface area contributed by atoms with Crippen LogP contribution >= 0.6 is 39.5 Å². The minimum Gasteiger partial charge on any atom is -0.389 e. The van der Waals surface area contributed by atoms with Crippen LogP contribution in [0.4, 0.5) is 10.8 Å². The Morgan fingerprint density at radius 3 is 2.72 bits per heavy atom. The molecule has 0 bridgehead atoms. The molecule has 2 aromatic rings. The quantitative estimate of drug-likeness (QED) is 0.831. The highest BCUT2D eigenvalue weighted by Crippen LogP contribution is 2.30. The Morgan fingerprint density at radius 2 is 2.17 bits per heavy atom. The van der Waals surface area contributed by atoms with E-state index in [0.29, 0.717) is 4.99 Å². The molecule has 3 nitrogen and oxygen atoms in total. The third-order valence-electron chi connectivity index (χ3n) is 2.53. The summed E-state index contributed by atoms with van der Waals surface area (Å²) in [6.45, 7) is 4.04. The van der Waals surface area contributed by atoms with Crippen LogP contribution in [0.5, 0.6) is 0 Å². The van der Waals surface area contributed by atoms with E-state index in [1.165, 1.54) is 4.88 Å². The molecule has 0 aliphatic heterocycles. The lowest BCUT2D eigenvalue weighted by Gasteiger charge is -2.10. The summed E-state index contributed by atoms with van der Waals surface area (Å²) in [5.41, 5.74) is 8.46. The van der Waals surface area contributed by atoms with Crippen LogP contribution in [0.15, 0.2) is 22.7 Å². The molecule has 0 fully saturated rings. The third kappa shape index (κ3) is 2.71. The number of nitrogens with zero attached hydrogens (tertiary/aromatic N) is 1. The lowest BCUT2D eigenvalue weighted by molar-refractivity contribution is 1.23. The Kier molecular flexibility index (Phi) is 3.99. The van der Waals surface area contributed by atoms with Crippen LogP contribution in [-0.2, 0) is 0 Å². The highest BCUT2D eigenvalue weighted by Gasteiger charge is 2.11. The molecule has 0 spiro atoms. The van der Waals surface area contributed by atoms with Crippen LogP contribution < -0.4 is 11.1 Å². The molecule has 0 saturated heterocycles. The molecule has 0 aliphatic rings. The number of hydrogen-bond donors (Lipinski definition) is 2. The number of benzene rings is 1. The number of nitrogens with two attached hydrogens (primary N) is 1. The molecule has 1 aromatic carbocycles. The second-order valence-electron chi connectivity index (χ2n) is 3.81. The fraction of sp³-hybridized carbons (Fsp3) is 0.167. The van der Waals surface area contributed by atoms with Gasteiger partial charge in [-0.15, -0.1) is 11.3 Å². The molecule has 0 unspecified atom stereocenters. The Morgan fingerprint density at radius 1 is 1.44 bits per heavy atom. The maximum absolute atomic E-state index is 5.75. The van der Waals surface area contributed by atoms with E-state index in [1.807, 2.05) is 32.0 Å². The van der Waals surface area contributed by atoms with Crippen LogP contribution in [0.1, 0.15) is 16.1 Å². The first-order valence-electron chi connectivity index (χ1n) is 5.28. The molecule has 0 radical (unpaired) electrons. The molecule has 94 valence electrons. The molecular weight excluding hydrogens is 330 g/mol. The molecule has 6 heteroatoms. The molecule has 0 aliphatic carbocycles. The van der Waals surface area contributed by atoms with Crippen LogP contribution in [-0.4, -0.2) is 9.97 Å². The van der Waals surface area contributed by atoms with Gasteiger partial charge in [-0.25, -0.2) is 4.98 Å². The van der Waals surface area contributed by atoms with E-state index in [-0.39, 0.29) is 0 Å². The molecule has 0 atom stereocenters. The maximum Gasteiger partial charge on any atom is 0.187 e. The van der Waals surface area contributed by atoms with Crippen LogP contribution in [0.2, 0.25) is 0 Å². The number of anilines is 2. The van der Waals surface area contributed by atoms with Crippen LogP contribution in [0.3, 0.4) is 0 Å². The first kappa shape index (κ1) is 13.5. The summed E-state index contributed by atoms with van der Waals surface area (Å²) in [6, 6.07) is 5.78. The van der Waals surface area contributed by atoms with E-state index in [4.69, 9.17) is 18.0 Å². The number of hydrogen-bond acceptors (Lipinski definition) is 4. The fourth-order valence-electron chi connectivity index (χ4n) is 1.52. The minimum absolute atomic E-state index is 0.356. The number of rotatable bonds is 3. The summed E-state index contributed by atoms with van der Waals surface area (Å²) in [4.78, 5) is 6.00. The Labute approximate surface area is 124 Å². The van der Waals surface area contributed by atoms with Gasteiger partial charge in [0.05, 0.1) is 11.4 Å². The Hall–Kier alpha value is -0.980. The second kappa shape index (κ2) is 5.34. The minimum atomic E-state index is 0.356. The summed E-state index contributed by atoms with van der Waals surface area (Å²) in [5, 5.41) is 4.11. The molecule has 18 heavy (non-hydrogen) atoms. The number of nitrogens with one attached hydrogen (secondary N) is 1. The number of thiocarbonyl (C=S) groups is 1. The van der Waals surface area contributed by atoms with Crippen LogP contribution in [0, 0.1) is 13.8 Å². The van der Waals surface area contributed by atoms with Crippen molar-refractivity contribution >= 4 is 55.3 Å². The smallest absolute Gasteiger partial charge is 0.187 e. The van der Waals surface area contributed by atoms with Crippen molar-refractivity contribution < 1.29 is 0 Å². The van der Waals surface area contributed by atoms with Crippen LogP contribution in [0.25, 0.3) is 0 Å². The lowest BCUT2D eigenvalue weighted by Crippen LogP contribution is -2.12. The second-order valence-corrected chi connectivity index (χ2v) is 6.31. The summed E-state index contributed by atoms with van der Waals surface area (Å²) in [7, 11) is 0. The van der Waals surface area contributed by atoms with Gasteiger partial charge < -0.3 is 11.1 Å². The van der Waals surface area contributed by atoms with Crippen molar-refractivity contribution in [1.29, 1.82) is 0 Å². The molecule has 1 heterocycles. The summed E-state index contributed by atoms with van der Waals surface area (Å²) in [6.07, 6.45) is 0. The number of halogens is 1. The Bertz CT molecular complexity index is 588. The summed E-state index contributed by atoms with van der Waals surface area (Å²) in [5.74, 6) is 0. The maximum atomic E-state index is 5.75. The van der Waals surface area contributed by atoms with Crippen molar-refractivity contribution in [2.24, 2.45) is 5.73 Å². The largest absolute Gasteiger partial charge is 0.389 e. The third-order valence-corrected chi connectivity index (χ3v) is 4.38. The topological polar surface area (TPSA) is 50.9 Å². The zero-order valence-electron chi connectivity index (χ0n) is 9.95. The number of thiazole rings is 1. The normalized spacial score (nSPS) is 10.4. The zero-order chi connectivity index (χ0) is 13.3. The fourth-order valence-corrected chi connectivity index (χ4v) is 3.28. The molecule has 0 saturated carbocycles. The number of aryl methyl sites for hydroxylation is 2. The molecule has 0 amide bonds. The van der Waals surface area contributed by atoms with Gasteiger partial charge in [-0.2, -0.15) is 0 Å². The Balaban J connectivity index is 2.40. The monoisotopic (exact) mass is 341 g/mol. The zero-order valence-corrected chi connectivity index (χ0v) is 13.2. The van der Waals surface area contributed by atoms with Crippen molar-refractivity contribution in [1.82, 2.24) is 4.98 Å². The van der Waals surface area contributed by atoms with Gasteiger partial charge in [-0.1, -0.05) is 18.3 Å². The SMILES string of the molecule is Cc1nc(Nc2cccc(Br)c2C(N)=S)sc1C. The standard InChI is InChI=1S/C12H12BrN3S2/c1-6-7(2)18-12(15-6)16-9-5-3-4-8(13)10(9)11(14)17/h3-5H,1-2H3,(H2,14,17)(H,15,16). The summed E-state index contributed by atoms with van der Waals surface area (Å²) >= 11 is 10.1. The highest BCUT2D eigenvalue weighted by molar-refractivity contribution is 9.10. The van der Waals surface area contributed by atoms with Crippen molar-refractivity contribution in [3.8, 4) is 0 Å².